The normalized spacial score (nSPS) is 49.6. The van der Waals surface area contributed by atoms with Gasteiger partial charge in [-0.1, -0.05) is 0 Å². The molecule has 2 saturated carbocycles. The van der Waals surface area contributed by atoms with Crippen LogP contribution in [0.4, 0.5) is 0 Å². The van der Waals surface area contributed by atoms with Crippen LogP contribution in [0.25, 0.3) is 0 Å². The zero-order valence-electron chi connectivity index (χ0n) is 7.12. The Morgan fingerprint density at radius 3 is 2.09 bits per heavy atom. The Kier molecular flexibility index (Phi) is 1.90. The number of fused-ring (bicyclic) bond motifs is 1. The lowest BCUT2D eigenvalue weighted by molar-refractivity contribution is 0.101. The Morgan fingerprint density at radius 1 is 1.09 bits per heavy atom. The first-order chi connectivity index (χ1) is 5.29. The number of ether oxygens (including phenoxy) is 1. The van der Waals surface area contributed by atoms with Gasteiger partial charge in [-0.15, -0.1) is 0 Å². The van der Waals surface area contributed by atoms with Crippen LogP contribution in [0, 0.1) is 11.8 Å². The van der Waals surface area contributed by atoms with Crippen molar-refractivity contribution in [2.24, 2.45) is 17.6 Å². The number of methoxy groups -OCH3 is 1. The van der Waals surface area contributed by atoms with Crippen molar-refractivity contribution >= 4 is 0 Å². The van der Waals surface area contributed by atoms with Gasteiger partial charge in [-0.2, -0.15) is 0 Å². The van der Waals surface area contributed by atoms with Crippen molar-refractivity contribution in [3.05, 3.63) is 0 Å². The summed E-state index contributed by atoms with van der Waals surface area (Å²) in [6, 6.07) is 0.489. The van der Waals surface area contributed by atoms with Crippen LogP contribution in [-0.2, 0) is 4.74 Å². The van der Waals surface area contributed by atoms with Crippen LogP contribution in [0.3, 0.4) is 0 Å². The molecule has 2 fully saturated rings. The minimum Gasteiger partial charge on any atom is -0.381 e. The molecular weight excluding hydrogens is 138 g/mol. The second kappa shape index (κ2) is 2.76. The molecule has 0 aromatic heterocycles. The molecule has 0 saturated heterocycles. The van der Waals surface area contributed by atoms with E-state index in [2.05, 4.69) is 0 Å². The summed E-state index contributed by atoms with van der Waals surface area (Å²) in [7, 11) is 1.83. The molecule has 0 amide bonds. The first-order valence-electron chi connectivity index (χ1n) is 4.58. The van der Waals surface area contributed by atoms with Crippen LogP contribution in [0.5, 0.6) is 0 Å². The zero-order chi connectivity index (χ0) is 7.84. The summed E-state index contributed by atoms with van der Waals surface area (Å²) in [6.45, 7) is 0. The Labute approximate surface area is 68.1 Å². The molecule has 11 heavy (non-hydrogen) atoms. The van der Waals surface area contributed by atoms with Crippen molar-refractivity contribution in [3.8, 4) is 0 Å². The molecule has 2 nitrogen and oxygen atoms in total. The third kappa shape index (κ3) is 1.30. The number of hydrogen-bond acceptors (Lipinski definition) is 2. The van der Waals surface area contributed by atoms with E-state index >= 15 is 0 Å². The summed E-state index contributed by atoms with van der Waals surface area (Å²) in [6.07, 6.45) is 5.54. The van der Waals surface area contributed by atoms with Gasteiger partial charge in [-0.3, -0.25) is 0 Å². The maximum Gasteiger partial charge on any atom is 0.0576 e. The molecule has 2 rings (SSSR count). The van der Waals surface area contributed by atoms with E-state index < -0.39 is 0 Å². The van der Waals surface area contributed by atoms with E-state index in [1.54, 1.807) is 0 Å². The summed E-state index contributed by atoms with van der Waals surface area (Å²) in [5, 5.41) is 0. The number of nitrogens with two attached hydrogens (primary N) is 1. The van der Waals surface area contributed by atoms with Crippen molar-refractivity contribution < 1.29 is 4.74 Å². The Balaban J connectivity index is 1.93. The summed E-state index contributed by atoms with van der Waals surface area (Å²) >= 11 is 0. The molecule has 0 aromatic rings. The van der Waals surface area contributed by atoms with Crippen LogP contribution in [-0.4, -0.2) is 19.3 Å². The minimum atomic E-state index is 0.489. The largest absolute Gasteiger partial charge is 0.381 e. The van der Waals surface area contributed by atoms with Gasteiger partial charge in [0.25, 0.3) is 0 Å². The molecule has 2 N–H and O–H groups in total. The highest BCUT2D eigenvalue weighted by atomic mass is 16.5. The predicted octanol–water partition coefficient (Wildman–Crippen LogP) is 1.15. The molecule has 4 atom stereocenters. The van der Waals surface area contributed by atoms with Crippen LogP contribution in [0.2, 0.25) is 0 Å². The van der Waals surface area contributed by atoms with Crippen molar-refractivity contribution in [2.75, 3.05) is 7.11 Å². The van der Waals surface area contributed by atoms with E-state index in [0.717, 1.165) is 11.8 Å². The molecule has 0 bridgehead atoms. The van der Waals surface area contributed by atoms with Gasteiger partial charge >= 0.3 is 0 Å². The minimum absolute atomic E-state index is 0.489. The van der Waals surface area contributed by atoms with Gasteiger partial charge in [0.1, 0.15) is 0 Å². The monoisotopic (exact) mass is 155 g/mol. The molecule has 0 unspecified atom stereocenters. The lowest BCUT2D eigenvalue weighted by Gasteiger charge is -2.09. The average molecular weight is 155 g/mol. The van der Waals surface area contributed by atoms with E-state index in [1.165, 1.54) is 25.7 Å². The van der Waals surface area contributed by atoms with E-state index in [0.29, 0.717) is 12.1 Å². The highest BCUT2D eigenvalue weighted by Crippen LogP contribution is 2.44. The van der Waals surface area contributed by atoms with Crippen molar-refractivity contribution in [3.63, 3.8) is 0 Å². The first kappa shape index (κ1) is 7.56. The van der Waals surface area contributed by atoms with Gasteiger partial charge in [0, 0.05) is 13.2 Å². The van der Waals surface area contributed by atoms with Gasteiger partial charge in [0.05, 0.1) is 6.10 Å². The fourth-order valence-corrected chi connectivity index (χ4v) is 2.80. The smallest absolute Gasteiger partial charge is 0.0576 e. The Bertz CT molecular complexity index is 134. The highest BCUT2D eigenvalue weighted by molar-refractivity contribution is 4.93. The summed E-state index contributed by atoms with van der Waals surface area (Å²) < 4.78 is 5.34. The third-order valence-electron chi connectivity index (χ3n) is 3.34. The number of hydrogen-bond donors (Lipinski definition) is 1. The molecule has 2 aliphatic carbocycles. The predicted molar refractivity (Wildman–Crippen MR) is 44.2 cm³/mol. The molecule has 2 aliphatic rings. The summed E-state index contributed by atoms with van der Waals surface area (Å²) in [4.78, 5) is 0. The maximum absolute atomic E-state index is 5.87. The molecule has 0 aromatic carbocycles. The summed E-state index contributed by atoms with van der Waals surface area (Å²) in [5.41, 5.74) is 5.87. The van der Waals surface area contributed by atoms with Gasteiger partial charge in [-0.25, -0.2) is 0 Å². The third-order valence-corrected chi connectivity index (χ3v) is 3.34. The molecular formula is C9H17NO. The van der Waals surface area contributed by atoms with Gasteiger partial charge < -0.3 is 10.5 Å². The van der Waals surface area contributed by atoms with Crippen LogP contribution in [0.15, 0.2) is 0 Å². The second-order valence-corrected chi connectivity index (χ2v) is 4.08. The van der Waals surface area contributed by atoms with Crippen molar-refractivity contribution in [1.29, 1.82) is 0 Å². The van der Waals surface area contributed by atoms with Gasteiger partial charge in [0.2, 0.25) is 0 Å². The molecule has 64 valence electrons. The second-order valence-electron chi connectivity index (χ2n) is 4.08. The average Bonchev–Trinajstić information content (AvgIpc) is 2.43. The van der Waals surface area contributed by atoms with Gasteiger partial charge in [0.15, 0.2) is 0 Å². The van der Waals surface area contributed by atoms with Gasteiger partial charge in [-0.05, 0) is 37.5 Å². The van der Waals surface area contributed by atoms with Crippen molar-refractivity contribution in [1.82, 2.24) is 0 Å². The first-order valence-corrected chi connectivity index (χ1v) is 4.58. The fourth-order valence-electron chi connectivity index (χ4n) is 2.80. The maximum atomic E-state index is 5.87. The lowest BCUT2D eigenvalue weighted by Crippen LogP contribution is -2.17. The van der Waals surface area contributed by atoms with Crippen molar-refractivity contribution in [2.45, 2.75) is 37.8 Å². The quantitative estimate of drug-likeness (QED) is 0.616. The highest BCUT2D eigenvalue weighted by Gasteiger charge is 2.40. The molecule has 2 heteroatoms. The van der Waals surface area contributed by atoms with Crippen LogP contribution in [0.1, 0.15) is 25.7 Å². The SMILES string of the molecule is CO[C@H]1C[C@H]2C[C@H](N)C[C@H]2C1. The molecule has 0 aliphatic heterocycles. The molecule has 0 radical (unpaired) electrons. The zero-order valence-corrected chi connectivity index (χ0v) is 7.12. The van der Waals surface area contributed by atoms with E-state index in [4.69, 9.17) is 10.5 Å². The standard InChI is InChI=1S/C9H17NO/c1-11-9-4-6-2-8(10)3-7(6)5-9/h6-9H,2-5,10H2,1H3/t6-,7+,8+,9+. The van der Waals surface area contributed by atoms with Crippen LogP contribution < -0.4 is 5.73 Å². The van der Waals surface area contributed by atoms with E-state index in [9.17, 15) is 0 Å². The Morgan fingerprint density at radius 2 is 1.64 bits per heavy atom. The topological polar surface area (TPSA) is 35.2 Å². The Hall–Kier alpha value is -0.0800. The fraction of sp³-hybridized carbons (Fsp3) is 1.00. The molecule has 0 heterocycles. The van der Waals surface area contributed by atoms with Crippen LogP contribution >= 0.6 is 0 Å². The lowest BCUT2D eigenvalue weighted by atomic mass is 10.0. The molecule has 0 spiro atoms. The van der Waals surface area contributed by atoms with E-state index in [1.807, 2.05) is 7.11 Å². The number of rotatable bonds is 1. The summed E-state index contributed by atoms with van der Waals surface area (Å²) in [5.74, 6) is 1.77. The van der Waals surface area contributed by atoms with E-state index in [-0.39, 0.29) is 0 Å².